The number of amides is 3. The fourth-order valence-electron chi connectivity index (χ4n) is 2.47. The van der Waals surface area contributed by atoms with Gasteiger partial charge < -0.3 is 21.7 Å². The average Bonchev–Trinajstić information content (AvgIpc) is 2.70. The molecule has 0 aromatic heterocycles. The van der Waals surface area contributed by atoms with Crippen LogP contribution in [0.2, 0.25) is 5.02 Å². The van der Waals surface area contributed by atoms with E-state index in [1.54, 1.807) is 72.8 Å². The number of carbonyl (C=O) groups excluding carboxylic acids is 2. The van der Waals surface area contributed by atoms with Crippen LogP contribution in [0.1, 0.15) is 15.9 Å². The van der Waals surface area contributed by atoms with E-state index in [4.69, 9.17) is 17.3 Å². The van der Waals surface area contributed by atoms with Crippen LogP contribution in [0, 0.1) is 0 Å². The lowest BCUT2D eigenvalue weighted by Gasteiger charge is -2.10. The molecule has 28 heavy (non-hydrogen) atoms. The van der Waals surface area contributed by atoms with Gasteiger partial charge in [0.05, 0.1) is 11.4 Å². The lowest BCUT2D eigenvalue weighted by atomic mass is 10.1. The molecule has 0 fully saturated rings. The molecular weight excluding hydrogens is 376 g/mol. The maximum atomic E-state index is 12.3. The van der Waals surface area contributed by atoms with Gasteiger partial charge in [-0.25, -0.2) is 4.79 Å². The SMILES string of the molecule is Nc1ccccc1NC(=O)c1ccc(CNC(=O)Nc2ccc(Cl)cc2)cc1. The molecule has 7 heteroatoms. The second-order valence-electron chi connectivity index (χ2n) is 6.05. The maximum absolute atomic E-state index is 12.3. The number of nitrogen functional groups attached to an aromatic ring is 1. The normalized spacial score (nSPS) is 10.2. The fourth-order valence-corrected chi connectivity index (χ4v) is 2.60. The van der Waals surface area contributed by atoms with E-state index < -0.39 is 0 Å². The Kier molecular flexibility index (Phi) is 6.14. The van der Waals surface area contributed by atoms with Crippen LogP contribution >= 0.6 is 11.6 Å². The number of carbonyl (C=O) groups is 2. The summed E-state index contributed by atoms with van der Waals surface area (Å²) in [6, 6.07) is 20.5. The van der Waals surface area contributed by atoms with Gasteiger partial charge in [-0.2, -0.15) is 0 Å². The predicted molar refractivity (Wildman–Crippen MR) is 113 cm³/mol. The van der Waals surface area contributed by atoms with Crippen molar-refractivity contribution in [1.82, 2.24) is 5.32 Å². The largest absolute Gasteiger partial charge is 0.397 e. The van der Waals surface area contributed by atoms with Crippen LogP contribution in [0.25, 0.3) is 0 Å². The van der Waals surface area contributed by atoms with Crippen LogP contribution in [0.3, 0.4) is 0 Å². The lowest BCUT2D eigenvalue weighted by molar-refractivity contribution is 0.102. The van der Waals surface area contributed by atoms with E-state index in [1.807, 2.05) is 0 Å². The molecule has 0 aliphatic carbocycles. The van der Waals surface area contributed by atoms with Gasteiger partial charge in [0, 0.05) is 22.8 Å². The van der Waals surface area contributed by atoms with Gasteiger partial charge in [0.15, 0.2) is 0 Å². The van der Waals surface area contributed by atoms with Gasteiger partial charge in [-0.1, -0.05) is 35.9 Å². The van der Waals surface area contributed by atoms with Crippen molar-refractivity contribution < 1.29 is 9.59 Å². The molecule has 0 unspecified atom stereocenters. The van der Waals surface area contributed by atoms with E-state index in [9.17, 15) is 9.59 Å². The number of nitrogens with one attached hydrogen (secondary N) is 3. The number of halogens is 1. The first-order valence-corrected chi connectivity index (χ1v) is 8.94. The molecule has 0 spiro atoms. The summed E-state index contributed by atoms with van der Waals surface area (Å²) in [7, 11) is 0. The van der Waals surface area contributed by atoms with Crippen molar-refractivity contribution in [3.05, 3.63) is 88.9 Å². The highest BCUT2D eigenvalue weighted by Crippen LogP contribution is 2.18. The molecular formula is C21H19ClN4O2. The van der Waals surface area contributed by atoms with E-state index in [2.05, 4.69) is 16.0 Å². The molecule has 6 nitrogen and oxygen atoms in total. The molecule has 3 amide bonds. The van der Waals surface area contributed by atoms with Gasteiger partial charge in [-0.15, -0.1) is 0 Å². The summed E-state index contributed by atoms with van der Waals surface area (Å²) in [5.41, 5.74) is 8.91. The van der Waals surface area contributed by atoms with Crippen molar-refractivity contribution in [1.29, 1.82) is 0 Å². The molecule has 0 atom stereocenters. The smallest absolute Gasteiger partial charge is 0.319 e. The number of rotatable bonds is 5. The fraction of sp³-hybridized carbons (Fsp3) is 0.0476. The third-order valence-electron chi connectivity index (χ3n) is 3.98. The Morgan fingerprint density at radius 2 is 1.54 bits per heavy atom. The first-order chi connectivity index (χ1) is 13.5. The van der Waals surface area contributed by atoms with Crippen molar-refractivity contribution >= 4 is 40.6 Å². The molecule has 5 N–H and O–H groups in total. The van der Waals surface area contributed by atoms with Crippen molar-refractivity contribution in [3.63, 3.8) is 0 Å². The molecule has 0 bridgehead atoms. The summed E-state index contributed by atoms with van der Waals surface area (Å²) in [6.45, 7) is 0.326. The molecule has 0 saturated heterocycles. The van der Waals surface area contributed by atoms with Crippen molar-refractivity contribution in [2.24, 2.45) is 0 Å². The second kappa shape index (κ2) is 8.92. The first kappa shape index (κ1) is 19.3. The molecule has 142 valence electrons. The molecule has 0 aliphatic rings. The minimum absolute atomic E-state index is 0.252. The number of anilines is 3. The van der Waals surface area contributed by atoms with Gasteiger partial charge in [-0.05, 0) is 54.1 Å². The topological polar surface area (TPSA) is 96.2 Å². The van der Waals surface area contributed by atoms with Crippen LogP contribution < -0.4 is 21.7 Å². The zero-order chi connectivity index (χ0) is 19.9. The number of para-hydroxylation sites is 2. The van der Waals surface area contributed by atoms with Crippen molar-refractivity contribution in [3.8, 4) is 0 Å². The Balaban J connectivity index is 1.52. The average molecular weight is 395 g/mol. The molecule has 0 radical (unpaired) electrons. The van der Waals surface area contributed by atoms with Gasteiger partial charge in [0.1, 0.15) is 0 Å². The highest BCUT2D eigenvalue weighted by Gasteiger charge is 2.08. The monoisotopic (exact) mass is 394 g/mol. The van der Waals surface area contributed by atoms with Gasteiger partial charge in [0.25, 0.3) is 5.91 Å². The number of hydrogen-bond donors (Lipinski definition) is 4. The lowest BCUT2D eigenvalue weighted by Crippen LogP contribution is -2.28. The van der Waals surface area contributed by atoms with Crippen molar-refractivity contribution in [2.45, 2.75) is 6.54 Å². The number of nitrogens with two attached hydrogens (primary N) is 1. The van der Waals surface area contributed by atoms with Crippen LogP contribution in [0.5, 0.6) is 0 Å². The first-order valence-electron chi connectivity index (χ1n) is 8.56. The van der Waals surface area contributed by atoms with E-state index in [0.717, 1.165) is 5.56 Å². The zero-order valence-corrected chi connectivity index (χ0v) is 15.7. The van der Waals surface area contributed by atoms with E-state index in [1.165, 1.54) is 0 Å². The van der Waals surface area contributed by atoms with Crippen LogP contribution in [0.15, 0.2) is 72.8 Å². The highest BCUT2D eigenvalue weighted by molar-refractivity contribution is 6.30. The number of urea groups is 1. The third-order valence-corrected chi connectivity index (χ3v) is 4.23. The maximum Gasteiger partial charge on any atom is 0.319 e. The summed E-state index contributed by atoms with van der Waals surface area (Å²) >= 11 is 5.81. The van der Waals surface area contributed by atoms with E-state index >= 15 is 0 Å². The predicted octanol–water partition coefficient (Wildman–Crippen LogP) is 4.50. The Labute approximate surface area is 167 Å². The summed E-state index contributed by atoms with van der Waals surface area (Å²) < 4.78 is 0. The Bertz CT molecular complexity index is 972. The van der Waals surface area contributed by atoms with Crippen LogP contribution in [-0.4, -0.2) is 11.9 Å². The molecule has 3 aromatic carbocycles. The Morgan fingerprint density at radius 1 is 0.857 bits per heavy atom. The summed E-state index contributed by atoms with van der Waals surface area (Å²) in [6.07, 6.45) is 0. The van der Waals surface area contributed by atoms with Gasteiger partial charge in [0.2, 0.25) is 0 Å². The van der Waals surface area contributed by atoms with Gasteiger partial charge in [-0.3, -0.25) is 4.79 Å². The molecule has 0 heterocycles. The molecule has 0 aliphatic heterocycles. The Hall–Kier alpha value is -3.51. The van der Waals surface area contributed by atoms with Crippen LogP contribution in [0.4, 0.5) is 21.9 Å². The molecule has 0 saturated carbocycles. The quantitative estimate of drug-likeness (QED) is 0.480. The van der Waals surface area contributed by atoms with Crippen LogP contribution in [-0.2, 0) is 6.54 Å². The van der Waals surface area contributed by atoms with Gasteiger partial charge >= 0.3 is 6.03 Å². The standard InChI is InChI=1S/C21H19ClN4O2/c22-16-9-11-17(12-10-16)25-21(28)24-13-14-5-7-15(8-6-14)20(27)26-19-4-2-1-3-18(19)23/h1-12H,13,23H2,(H,26,27)(H2,24,25,28). The second-order valence-corrected chi connectivity index (χ2v) is 6.49. The van der Waals surface area contributed by atoms with E-state index in [0.29, 0.717) is 34.2 Å². The molecule has 3 rings (SSSR count). The highest BCUT2D eigenvalue weighted by atomic mass is 35.5. The zero-order valence-electron chi connectivity index (χ0n) is 14.9. The van der Waals surface area contributed by atoms with Crippen molar-refractivity contribution in [2.75, 3.05) is 16.4 Å². The summed E-state index contributed by atoms with van der Waals surface area (Å²) in [4.78, 5) is 24.3. The number of hydrogen-bond acceptors (Lipinski definition) is 3. The number of benzene rings is 3. The minimum Gasteiger partial charge on any atom is -0.397 e. The summed E-state index contributed by atoms with van der Waals surface area (Å²) in [5, 5.41) is 8.85. The summed E-state index contributed by atoms with van der Waals surface area (Å²) in [5.74, 6) is -0.252. The van der Waals surface area contributed by atoms with E-state index in [-0.39, 0.29) is 11.9 Å². The minimum atomic E-state index is -0.330. The Morgan fingerprint density at radius 3 is 2.21 bits per heavy atom. The molecule has 3 aromatic rings. The third kappa shape index (κ3) is 5.25.